The van der Waals surface area contributed by atoms with Gasteiger partial charge in [0.1, 0.15) is 5.75 Å². The first kappa shape index (κ1) is 12.4. The van der Waals surface area contributed by atoms with Gasteiger partial charge in [-0.2, -0.15) is 0 Å². The second-order valence-electron chi connectivity index (χ2n) is 3.59. The monoisotopic (exact) mass is 262 g/mol. The maximum atomic E-state index is 11.9. The fourth-order valence-corrected chi connectivity index (χ4v) is 2.31. The van der Waals surface area contributed by atoms with Gasteiger partial charge in [-0.15, -0.1) is 0 Å². The van der Waals surface area contributed by atoms with E-state index < -0.39 is 14.0 Å². The number of carbonyl (C=O) groups is 1. The summed E-state index contributed by atoms with van der Waals surface area (Å²) in [6.07, 6.45) is 0. The second kappa shape index (κ2) is 5.52. The summed E-state index contributed by atoms with van der Waals surface area (Å²) in [6, 6.07) is 14.7. The van der Waals surface area contributed by atoms with Crippen molar-refractivity contribution in [2.24, 2.45) is 0 Å². The molecule has 18 heavy (non-hydrogen) atoms. The predicted molar refractivity (Wildman–Crippen MR) is 69.1 cm³/mol. The van der Waals surface area contributed by atoms with E-state index in [1.807, 2.05) is 6.07 Å². The minimum atomic E-state index is -2.40. The molecule has 0 aliphatic rings. The normalized spacial score (nSPS) is 11.8. The third-order valence-corrected chi connectivity index (χ3v) is 3.55. The predicted octanol–water partition coefficient (Wildman–Crippen LogP) is 2.56. The van der Waals surface area contributed by atoms with E-state index in [-0.39, 0.29) is 5.56 Å². The fourth-order valence-electron chi connectivity index (χ4n) is 1.40. The van der Waals surface area contributed by atoms with E-state index in [1.165, 1.54) is 24.3 Å². The SMILES string of the molecule is O=C(O)c1ccc([PH](=O)Oc2ccccc2)cc1. The molecule has 2 aromatic carbocycles. The molecule has 0 saturated heterocycles. The summed E-state index contributed by atoms with van der Waals surface area (Å²) in [5.41, 5.74) is 0.160. The molecule has 0 aromatic heterocycles. The minimum absolute atomic E-state index is 0.160. The first-order chi connectivity index (χ1) is 8.66. The second-order valence-corrected chi connectivity index (χ2v) is 4.94. The van der Waals surface area contributed by atoms with Gasteiger partial charge in [-0.1, -0.05) is 18.2 Å². The summed E-state index contributed by atoms with van der Waals surface area (Å²) in [5, 5.41) is 9.24. The Kier molecular flexibility index (Phi) is 3.80. The molecule has 0 aliphatic carbocycles. The van der Waals surface area contributed by atoms with Gasteiger partial charge in [0.05, 0.1) is 5.56 Å². The Morgan fingerprint density at radius 2 is 1.61 bits per heavy atom. The number of rotatable bonds is 4. The van der Waals surface area contributed by atoms with Crippen LogP contribution in [0.15, 0.2) is 54.6 Å². The van der Waals surface area contributed by atoms with Crippen molar-refractivity contribution in [3.05, 3.63) is 60.2 Å². The van der Waals surface area contributed by atoms with Crippen LogP contribution >= 0.6 is 8.03 Å². The first-order valence-electron chi connectivity index (χ1n) is 5.27. The van der Waals surface area contributed by atoms with Crippen molar-refractivity contribution in [1.29, 1.82) is 0 Å². The molecular weight excluding hydrogens is 251 g/mol. The number of benzene rings is 2. The Morgan fingerprint density at radius 3 is 2.17 bits per heavy atom. The molecule has 2 rings (SSSR count). The topological polar surface area (TPSA) is 63.6 Å². The summed E-state index contributed by atoms with van der Waals surface area (Å²) in [6.45, 7) is 0. The van der Waals surface area contributed by atoms with E-state index in [4.69, 9.17) is 9.63 Å². The molecule has 0 saturated carbocycles. The molecule has 5 heteroatoms. The van der Waals surface area contributed by atoms with Crippen LogP contribution in [0.3, 0.4) is 0 Å². The van der Waals surface area contributed by atoms with Gasteiger partial charge in [0.25, 0.3) is 8.03 Å². The number of carboxylic acids is 1. The molecule has 1 N–H and O–H groups in total. The van der Waals surface area contributed by atoms with Gasteiger partial charge >= 0.3 is 5.97 Å². The van der Waals surface area contributed by atoms with Crippen LogP contribution < -0.4 is 9.83 Å². The minimum Gasteiger partial charge on any atom is -0.478 e. The van der Waals surface area contributed by atoms with Crippen LogP contribution in [0.5, 0.6) is 5.75 Å². The first-order valence-corrected chi connectivity index (χ1v) is 6.59. The fraction of sp³-hybridized carbons (Fsp3) is 0. The van der Waals surface area contributed by atoms with Crippen LogP contribution in [-0.4, -0.2) is 11.1 Å². The molecule has 0 bridgehead atoms. The third-order valence-electron chi connectivity index (χ3n) is 2.32. The Morgan fingerprint density at radius 1 is 1.00 bits per heavy atom. The Balaban J connectivity index is 2.12. The van der Waals surface area contributed by atoms with E-state index >= 15 is 0 Å². The van der Waals surface area contributed by atoms with Crippen molar-refractivity contribution in [2.45, 2.75) is 0 Å². The van der Waals surface area contributed by atoms with Crippen molar-refractivity contribution in [3.8, 4) is 5.75 Å². The van der Waals surface area contributed by atoms with Gasteiger partial charge in [0.15, 0.2) is 0 Å². The zero-order valence-electron chi connectivity index (χ0n) is 9.37. The quantitative estimate of drug-likeness (QED) is 0.860. The highest BCUT2D eigenvalue weighted by atomic mass is 31.1. The van der Waals surface area contributed by atoms with Gasteiger partial charge in [-0.25, -0.2) is 4.79 Å². The van der Waals surface area contributed by atoms with Gasteiger partial charge in [0.2, 0.25) is 0 Å². The molecule has 0 fully saturated rings. The summed E-state index contributed by atoms with van der Waals surface area (Å²) in [4.78, 5) is 10.7. The molecule has 92 valence electrons. The lowest BCUT2D eigenvalue weighted by Crippen LogP contribution is -2.03. The summed E-state index contributed by atoms with van der Waals surface area (Å²) in [7, 11) is -2.40. The molecule has 0 aliphatic heterocycles. The highest BCUT2D eigenvalue weighted by Gasteiger charge is 2.07. The van der Waals surface area contributed by atoms with E-state index in [0.717, 1.165) is 0 Å². The lowest BCUT2D eigenvalue weighted by molar-refractivity contribution is 0.0697. The van der Waals surface area contributed by atoms with Crippen molar-refractivity contribution >= 4 is 19.3 Å². The number of hydrogen-bond acceptors (Lipinski definition) is 3. The van der Waals surface area contributed by atoms with Crippen LogP contribution in [-0.2, 0) is 4.57 Å². The third kappa shape index (κ3) is 2.99. The average Bonchev–Trinajstić information content (AvgIpc) is 2.40. The zero-order chi connectivity index (χ0) is 13.0. The van der Waals surface area contributed by atoms with Crippen molar-refractivity contribution in [1.82, 2.24) is 0 Å². The van der Waals surface area contributed by atoms with Crippen LogP contribution in [0.2, 0.25) is 0 Å². The molecule has 2 aromatic rings. The van der Waals surface area contributed by atoms with E-state index in [2.05, 4.69) is 0 Å². The maximum absolute atomic E-state index is 11.9. The molecule has 4 nitrogen and oxygen atoms in total. The van der Waals surface area contributed by atoms with Gasteiger partial charge < -0.3 is 9.63 Å². The maximum Gasteiger partial charge on any atom is 0.335 e. The largest absolute Gasteiger partial charge is 0.478 e. The molecule has 0 heterocycles. The Bertz CT molecular complexity index is 563. The van der Waals surface area contributed by atoms with Crippen LogP contribution in [0.25, 0.3) is 0 Å². The van der Waals surface area contributed by atoms with E-state index in [9.17, 15) is 9.36 Å². The molecule has 0 radical (unpaired) electrons. The summed E-state index contributed by atoms with van der Waals surface area (Å²) >= 11 is 0. The number of para-hydroxylation sites is 1. The van der Waals surface area contributed by atoms with Crippen molar-refractivity contribution in [2.75, 3.05) is 0 Å². The Hall–Kier alpha value is -2.06. The highest BCUT2D eigenvalue weighted by molar-refractivity contribution is 7.48. The van der Waals surface area contributed by atoms with Crippen molar-refractivity contribution in [3.63, 3.8) is 0 Å². The summed E-state index contributed by atoms with van der Waals surface area (Å²) < 4.78 is 17.2. The molecular formula is C13H11O4P. The average molecular weight is 262 g/mol. The van der Waals surface area contributed by atoms with E-state index in [1.54, 1.807) is 24.3 Å². The zero-order valence-corrected chi connectivity index (χ0v) is 10.4. The number of aromatic carboxylic acids is 1. The number of carboxylic acid groups (broad SMARTS) is 1. The molecule has 0 amide bonds. The standard InChI is InChI=1S/C13H11O4P/c14-13(15)10-6-8-12(9-7-10)18(16)17-11-4-2-1-3-5-11/h1-9,18H,(H,14,15). The van der Waals surface area contributed by atoms with E-state index in [0.29, 0.717) is 11.1 Å². The summed E-state index contributed by atoms with van der Waals surface area (Å²) in [5.74, 6) is -0.478. The number of hydrogen-bond donors (Lipinski definition) is 1. The van der Waals surface area contributed by atoms with Crippen molar-refractivity contribution < 1.29 is 19.0 Å². The van der Waals surface area contributed by atoms with Crippen LogP contribution in [0.4, 0.5) is 0 Å². The van der Waals surface area contributed by atoms with Crippen LogP contribution in [0, 0.1) is 0 Å². The van der Waals surface area contributed by atoms with Gasteiger partial charge in [-0.05, 0) is 36.4 Å². The molecule has 0 spiro atoms. The lowest BCUT2D eigenvalue weighted by atomic mass is 10.2. The van der Waals surface area contributed by atoms with Gasteiger partial charge in [-0.3, -0.25) is 4.57 Å². The highest BCUT2D eigenvalue weighted by Crippen LogP contribution is 2.25. The molecule has 1 unspecified atom stereocenters. The van der Waals surface area contributed by atoms with Gasteiger partial charge in [0, 0.05) is 5.30 Å². The lowest BCUT2D eigenvalue weighted by Gasteiger charge is -2.06. The smallest absolute Gasteiger partial charge is 0.335 e. The Labute approximate surface area is 105 Å². The molecule has 1 atom stereocenters. The van der Waals surface area contributed by atoms with Crippen LogP contribution in [0.1, 0.15) is 10.4 Å².